The lowest BCUT2D eigenvalue weighted by molar-refractivity contribution is 0.0884. The van der Waals surface area contributed by atoms with E-state index in [1.54, 1.807) is 17.9 Å². The van der Waals surface area contributed by atoms with Crippen LogP contribution in [0.2, 0.25) is 0 Å². The Morgan fingerprint density at radius 2 is 1.95 bits per heavy atom. The van der Waals surface area contributed by atoms with Crippen molar-refractivity contribution in [2.45, 2.75) is 13.8 Å². The van der Waals surface area contributed by atoms with E-state index in [9.17, 15) is 9.59 Å². The minimum Gasteiger partial charge on any atom is -0.466 e. The minimum atomic E-state index is -0.279. The molecule has 0 aromatic carbocycles. The van der Waals surface area contributed by atoms with Crippen LogP contribution in [0.1, 0.15) is 21.9 Å². The van der Waals surface area contributed by atoms with E-state index in [0.717, 1.165) is 25.4 Å². The lowest BCUT2D eigenvalue weighted by atomic mass is 10.2. The maximum absolute atomic E-state index is 12.0. The fourth-order valence-corrected chi connectivity index (χ4v) is 2.56. The topological polar surface area (TPSA) is 75.0 Å². The number of nitrogens with zero attached hydrogens (tertiary/aromatic N) is 2. The number of hydrogen-bond acceptors (Lipinski definition) is 5. The van der Waals surface area contributed by atoms with Crippen molar-refractivity contribution in [1.82, 2.24) is 15.1 Å². The van der Waals surface area contributed by atoms with Gasteiger partial charge in [0.1, 0.15) is 11.5 Å². The summed E-state index contributed by atoms with van der Waals surface area (Å²) in [5, 5.41) is 2.90. The quantitative estimate of drug-likeness (QED) is 0.898. The lowest BCUT2D eigenvalue weighted by Crippen LogP contribution is -2.50. The average Bonchev–Trinajstić information content (AvgIpc) is 2.86. The molecule has 1 saturated heterocycles. The molecule has 1 aromatic heterocycles. The number of nitrogens with one attached hydrogen (secondary N) is 1. The molecule has 2 amide bonds. The largest absolute Gasteiger partial charge is 0.466 e. The van der Waals surface area contributed by atoms with Gasteiger partial charge in [0, 0.05) is 39.3 Å². The maximum Gasteiger partial charge on any atom is 0.409 e. The van der Waals surface area contributed by atoms with E-state index in [2.05, 4.69) is 10.2 Å². The zero-order chi connectivity index (χ0) is 16.1. The third kappa shape index (κ3) is 4.00. The lowest BCUT2D eigenvalue weighted by Gasteiger charge is -2.33. The summed E-state index contributed by atoms with van der Waals surface area (Å²) < 4.78 is 10.1. The van der Waals surface area contributed by atoms with Crippen molar-refractivity contribution in [2.24, 2.45) is 0 Å². The van der Waals surface area contributed by atoms with E-state index in [4.69, 9.17) is 9.15 Å². The molecule has 7 nitrogen and oxygen atoms in total. The molecule has 0 bridgehead atoms. The Balaban J connectivity index is 1.70. The number of aryl methyl sites for hydroxylation is 2. The van der Waals surface area contributed by atoms with Crippen molar-refractivity contribution >= 4 is 12.0 Å². The van der Waals surface area contributed by atoms with Gasteiger partial charge in [0.25, 0.3) is 5.91 Å². The van der Waals surface area contributed by atoms with E-state index in [0.29, 0.717) is 31.0 Å². The molecule has 0 aliphatic carbocycles. The fraction of sp³-hybridized carbons (Fsp3) is 0.600. The highest BCUT2D eigenvalue weighted by atomic mass is 16.5. The molecule has 7 heteroatoms. The van der Waals surface area contributed by atoms with Gasteiger partial charge in [-0.2, -0.15) is 0 Å². The maximum atomic E-state index is 12.0. The zero-order valence-corrected chi connectivity index (χ0v) is 13.3. The summed E-state index contributed by atoms with van der Waals surface area (Å²) in [6.45, 7) is 7.82. The van der Waals surface area contributed by atoms with Gasteiger partial charge < -0.3 is 19.4 Å². The molecule has 1 aliphatic heterocycles. The normalized spacial score (nSPS) is 15.7. The molecular formula is C15H23N3O4. The van der Waals surface area contributed by atoms with E-state index in [1.165, 1.54) is 7.11 Å². The number of carbonyl (C=O) groups excluding carboxylic acids is 2. The highest BCUT2D eigenvalue weighted by Crippen LogP contribution is 2.13. The van der Waals surface area contributed by atoms with Crippen molar-refractivity contribution in [3.05, 3.63) is 23.2 Å². The Bertz CT molecular complexity index is 533. The molecule has 0 radical (unpaired) electrons. The third-order valence-corrected chi connectivity index (χ3v) is 3.80. The smallest absolute Gasteiger partial charge is 0.409 e. The van der Waals surface area contributed by atoms with E-state index in [-0.39, 0.29) is 12.0 Å². The highest BCUT2D eigenvalue weighted by molar-refractivity contribution is 5.95. The second-order valence-electron chi connectivity index (χ2n) is 5.38. The molecule has 122 valence electrons. The Kier molecular flexibility index (Phi) is 5.43. The van der Waals surface area contributed by atoms with Crippen molar-refractivity contribution < 1.29 is 18.7 Å². The van der Waals surface area contributed by atoms with Crippen molar-refractivity contribution in [3.63, 3.8) is 0 Å². The van der Waals surface area contributed by atoms with Gasteiger partial charge in [-0.15, -0.1) is 0 Å². The summed E-state index contributed by atoms with van der Waals surface area (Å²) in [5.74, 6) is 1.27. The predicted molar refractivity (Wildman–Crippen MR) is 80.9 cm³/mol. The number of ether oxygens (including phenoxy) is 1. The third-order valence-electron chi connectivity index (χ3n) is 3.80. The van der Waals surface area contributed by atoms with Crippen LogP contribution in [-0.4, -0.2) is 68.2 Å². The van der Waals surface area contributed by atoms with Gasteiger partial charge in [-0.1, -0.05) is 0 Å². The number of methoxy groups -OCH3 is 1. The molecule has 1 aromatic rings. The molecule has 22 heavy (non-hydrogen) atoms. The number of rotatable bonds is 4. The molecule has 0 saturated carbocycles. The summed E-state index contributed by atoms with van der Waals surface area (Å²) >= 11 is 0. The predicted octanol–water partition coefficient (Wildman–Crippen LogP) is 1.01. The van der Waals surface area contributed by atoms with Crippen LogP contribution < -0.4 is 5.32 Å². The van der Waals surface area contributed by atoms with Gasteiger partial charge in [0.2, 0.25) is 0 Å². The van der Waals surface area contributed by atoms with E-state index < -0.39 is 0 Å². The first kappa shape index (κ1) is 16.4. The Morgan fingerprint density at radius 3 is 2.50 bits per heavy atom. The second kappa shape index (κ2) is 7.31. The Hall–Kier alpha value is -2.02. The zero-order valence-electron chi connectivity index (χ0n) is 13.3. The molecular weight excluding hydrogens is 286 g/mol. The number of carbonyl (C=O) groups is 2. The molecule has 0 atom stereocenters. The first-order valence-corrected chi connectivity index (χ1v) is 7.41. The second-order valence-corrected chi connectivity index (χ2v) is 5.38. The van der Waals surface area contributed by atoms with Crippen LogP contribution >= 0.6 is 0 Å². The summed E-state index contributed by atoms with van der Waals surface area (Å²) in [4.78, 5) is 27.3. The van der Waals surface area contributed by atoms with Gasteiger partial charge >= 0.3 is 6.09 Å². The Labute approximate surface area is 130 Å². The van der Waals surface area contributed by atoms with Crippen LogP contribution in [0.15, 0.2) is 10.5 Å². The molecule has 1 N–H and O–H groups in total. The molecule has 1 aliphatic rings. The summed E-state index contributed by atoms with van der Waals surface area (Å²) in [6.07, 6.45) is -0.279. The standard InChI is InChI=1S/C15H23N3O4/c1-11-10-13(12(2)22-11)14(19)16-4-5-17-6-8-18(9-7-17)15(20)21-3/h10H,4-9H2,1-3H3,(H,16,19). The van der Waals surface area contributed by atoms with Crippen LogP contribution in [-0.2, 0) is 4.74 Å². The first-order chi connectivity index (χ1) is 10.5. The number of piperazine rings is 1. The first-order valence-electron chi connectivity index (χ1n) is 7.41. The summed E-state index contributed by atoms with van der Waals surface area (Å²) in [5.41, 5.74) is 0.591. The van der Waals surface area contributed by atoms with Crippen LogP contribution in [0.5, 0.6) is 0 Å². The van der Waals surface area contributed by atoms with Gasteiger partial charge in [-0.3, -0.25) is 9.69 Å². The number of amides is 2. The van der Waals surface area contributed by atoms with E-state index in [1.807, 2.05) is 6.92 Å². The summed E-state index contributed by atoms with van der Waals surface area (Å²) in [7, 11) is 1.39. The molecule has 2 rings (SSSR count). The van der Waals surface area contributed by atoms with Crippen LogP contribution in [0, 0.1) is 13.8 Å². The molecule has 1 fully saturated rings. The van der Waals surface area contributed by atoms with Gasteiger partial charge in [0.15, 0.2) is 0 Å². The van der Waals surface area contributed by atoms with Crippen LogP contribution in [0.25, 0.3) is 0 Å². The minimum absolute atomic E-state index is 0.109. The van der Waals surface area contributed by atoms with Gasteiger partial charge in [0.05, 0.1) is 12.7 Å². The van der Waals surface area contributed by atoms with E-state index >= 15 is 0 Å². The van der Waals surface area contributed by atoms with Gasteiger partial charge in [-0.25, -0.2) is 4.79 Å². The molecule has 0 unspecified atom stereocenters. The van der Waals surface area contributed by atoms with Crippen LogP contribution in [0.3, 0.4) is 0 Å². The van der Waals surface area contributed by atoms with Crippen molar-refractivity contribution in [3.8, 4) is 0 Å². The van der Waals surface area contributed by atoms with Crippen LogP contribution in [0.4, 0.5) is 4.79 Å². The van der Waals surface area contributed by atoms with Crippen molar-refractivity contribution in [2.75, 3.05) is 46.4 Å². The summed E-state index contributed by atoms with van der Waals surface area (Å²) in [6, 6.07) is 1.75. The molecule has 0 spiro atoms. The van der Waals surface area contributed by atoms with Gasteiger partial charge in [-0.05, 0) is 19.9 Å². The highest BCUT2D eigenvalue weighted by Gasteiger charge is 2.21. The SMILES string of the molecule is COC(=O)N1CCN(CCNC(=O)c2cc(C)oc2C)CC1. The average molecular weight is 309 g/mol. The monoisotopic (exact) mass is 309 g/mol. The Morgan fingerprint density at radius 1 is 1.27 bits per heavy atom. The fourth-order valence-electron chi connectivity index (χ4n) is 2.56. The van der Waals surface area contributed by atoms with Crippen molar-refractivity contribution in [1.29, 1.82) is 0 Å². The molecule has 2 heterocycles. The number of furan rings is 1. The number of hydrogen-bond donors (Lipinski definition) is 1.